The first-order valence-electron chi connectivity index (χ1n) is 22.7. The van der Waals surface area contributed by atoms with Crippen molar-refractivity contribution >= 4 is 17.7 Å². The van der Waals surface area contributed by atoms with Crippen LogP contribution < -0.4 is 5.32 Å². The summed E-state index contributed by atoms with van der Waals surface area (Å²) in [5.41, 5.74) is 0.305. The van der Waals surface area contributed by atoms with Crippen molar-refractivity contribution in [3.63, 3.8) is 0 Å². The molecule has 0 aromatic carbocycles. The first-order valence-corrected chi connectivity index (χ1v) is 22.7. The zero-order valence-corrected chi connectivity index (χ0v) is 36.2. The Kier molecular flexibility index (Phi) is 14.7. The molecule has 11 nitrogen and oxygen atoms in total. The maximum absolute atomic E-state index is 14.3. The van der Waals surface area contributed by atoms with Crippen LogP contribution in [0.4, 0.5) is 0 Å². The molecule has 0 aromatic rings. The molecular formula is C45H78N4O7. The highest BCUT2D eigenvalue weighted by atomic mass is 16.7. The molecular weight excluding hydrogens is 709 g/mol. The van der Waals surface area contributed by atoms with E-state index in [-0.39, 0.29) is 66.2 Å². The predicted molar refractivity (Wildman–Crippen MR) is 217 cm³/mol. The van der Waals surface area contributed by atoms with Crippen LogP contribution >= 0.6 is 0 Å². The van der Waals surface area contributed by atoms with Gasteiger partial charge in [0.05, 0.1) is 18.8 Å². The van der Waals surface area contributed by atoms with Crippen LogP contribution in [0.3, 0.4) is 0 Å². The van der Waals surface area contributed by atoms with Gasteiger partial charge in [0, 0.05) is 57.0 Å². The number of ether oxygens (including phenoxy) is 1. The Labute approximate surface area is 338 Å². The standard InChI is InChI=1S/C45H78N4O7/c1-27-36-23-33(45(36,3)4)24-37(27)46-43(53)41-40(28(2)51)38(26-50)56-49(41)25-30-17-13-18-35(42(30)55-8)31-20-32(22-34(21-31)47(5)6)44(54)48(7)39(52)19-12-16-29-14-10-9-11-15-29/h27-38,40-42,50-51H,9-26H2,1-8H3,(H,46,53)/t27-,28-,30?,31?,32?,33+,34?,35?,36-,37-,38-,40+,41-,42?/m0/s1. The summed E-state index contributed by atoms with van der Waals surface area (Å²) in [4.78, 5) is 51.8. The zero-order chi connectivity index (χ0) is 40.5. The number of hydroxylamine groups is 2. The minimum absolute atomic E-state index is 0.0442. The number of hydrogen-bond acceptors (Lipinski definition) is 9. The molecule has 7 fully saturated rings. The summed E-state index contributed by atoms with van der Waals surface area (Å²) in [6.45, 7) is 8.85. The maximum atomic E-state index is 14.3. The molecule has 6 unspecified atom stereocenters. The number of aliphatic hydroxyl groups is 2. The molecule has 0 spiro atoms. The van der Waals surface area contributed by atoms with Crippen molar-refractivity contribution in [3.8, 4) is 0 Å². The molecule has 0 radical (unpaired) electrons. The summed E-state index contributed by atoms with van der Waals surface area (Å²) in [6, 6.07) is -0.424. The fraction of sp³-hybridized carbons (Fsp3) is 0.933. The first-order chi connectivity index (χ1) is 26.7. The van der Waals surface area contributed by atoms with E-state index in [4.69, 9.17) is 9.57 Å². The van der Waals surface area contributed by atoms with Gasteiger partial charge in [0.1, 0.15) is 12.1 Å². The highest BCUT2D eigenvalue weighted by molar-refractivity contribution is 5.96. The quantitative estimate of drug-likeness (QED) is 0.204. The van der Waals surface area contributed by atoms with Crippen LogP contribution in [0, 0.1) is 58.7 Å². The van der Waals surface area contributed by atoms with Crippen molar-refractivity contribution in [1.29, 1.82) is 0 Å². The molecule has 1 saturated heterocycles. The summed E-state index contributed by atoms with van der Waals surface area (Å²) in [6.07, 6.45) is 14.8. The molecule has 0 aromatic heterocycles. The van der Waals surface area contributed by atoms with Crippen molar-refractivity contribution in [3.05, 3.63) is 0 Å². The number of nitrogens with zero attached hydrogens (tertiary/aromatic N) is 3. The average Bonchev–Trinajstić information content (AvgIpc) is 3.56. The highest BCUT2D eigenvalue weighted by Crippen LogP contribution is 2.61. The minimum atomic E-state index is -0.845. The van der Waals surface area contributed by atoms with Gasteiger partial charge < -0.3 is 25.2 Å². The fourth-order valence-electron chi connectivity index (χ4n) is 13.0. The number of carbonyl (C=O) groups is 3. The molecule has 320 valence electrons. The largest absolute Gasteiger partial charge is 0.394 e. The van der Waals surface area contributed by atoms with E-state index in [1.165, 1.54) is 43.4 Å². The van der Waals surface area contributed by atoms with Gasteiger partial charge in [-0.3, -0.25) is 24.1 Å². The van der Waals surface area contributed by atoms with Crippen molar-refractivity contribution in [2.45, 2.75) is 167 Å². The second-order valence-electron chi connectivity index (χ2n) is 20.3. The Morgan fingerprint density at radius 3 is 2.34 bits per heavy atom. The summed E-state index contributed by atoms with van der Waals surface area (Å²) < 4.78 is 6.40. The molecule has 3 N–H and O–H groups in total. The molecule has 3 amide bonds. The molecule has 1 aliphatic heterocycles. The van der Waals surface area contributed by atoms with Crippen LogP contribution in [0.1, 0.15) is 130 Å². The molecule has 2 bridgehead atoms. The number of nitrogens with one attached hydrogen (secondary N) is 1. The fourth-order valence-corrected chi connectivity index (χ4v) is 13.0. The van der Waals surface area contributed by atoms with Gasteiger partial charge in [-0.15, -0.1) is 0 Å². The average molecular weight is 787 g/mol. The Morgan fingerprint density at radius 1 is 0.982 bits per heavy atom. The molecule has 7 aliphatic rings. The lowest BCUT2D eigenvalue weighted by atomic mass is 9.45. The molecule has 14 atom stereocenters. The van der Waals surface area contributed by atoms with Gasteiger partial charge in [-0.1, -0.05) is 59.3 Å². The minimum Gasteiger partial charge on any atom is -0.394 e. The van der Waals surface area contributed by atoms with Crippen molar-refractivity contribution in [2.75, 3.05) is 41.4 Å². The summed E-state index contributed by atoms with van der Waals surface area (Å²) in [5.74, 6) is 1.77. The normalized spacial score (nSPS) is 39.5. The van der Waals surface area contributed by atoms with Gasteiger partial charge in [-0.05, 0) is 120 Å². The van der Waals surface area contributed by atoms with E-state index in [0.717, 1.165) is 63.7 Å². The number of rotatable bonds is 14. The zero-order valence-electron chi connectivity index (χ0n) is 36.2. The summed E-state index contributed by atoms with van der Waals surface area (Å²) in [5, 5.41) is 26.6. The van der Waals surface area contributed by atoms with E-state index in [9.17, 15) is 24.6 Å². The Bertz CT molecular complexity index is 1340. The van der Waals surface area contributed by atoms with Crippen LogP contribution in [0.5, 0.6) is 0 Å². The lowest BCUT2D eigenvalue weighted by Crippen LogP contribution is -2.62. The molecule has 11 heteroatoms. The second kappa shape index (κ2) is 18.7. The molecule has 1 heterocycles. The van der Waals surface area contributed by atoms with Crippen molar-refractivity contribution in [1.82, 2.24) is 20.2 Å². The molecule has 7 rings (SSSR count). The first kappa shape index (κ1) is 43.9. The van der Waals surface area contributed by atoms with Gasteiger partial charge in [0.2, 0.25) is 17.7 Å². The summed E-state index contributed by atoms with van der Waals surface area (Å²) in [7, 11) is 7.66. The van der Waals surface area contributed by atoms with Crippen LogP contribution in [-0.4, -0.2) is 121 Å². The number of fused-ring (bicyclic) bond motifs is 2. The van der Waals surface area contributed by atoms with Crippen molar-refractivity contribution < 1.29 is 34.2 Å². The topological polar surface area (TPSA) is 132 Å². The molecule has 6 saturated carbocycles. The van der Waals surface area contributed by atoms with E-state index in [2.05, 4.69) is 45.1 Å². The van der Waals surface area contributed by atoms with E-state index >= 15 is 0 Å². The third-order valence-corrected chi connectivity index (χ3v) is 16.6. The number of amides is 3. The second-order valence-corrected chi connectivity index (χ2v) is 20.3. The van der Waals surface area contributed by atoms with Crippen LogP contribution in [0.2, 0.25) is 0 Å². The molecule has 6 aliphatic carbocycles. The van der Waals surface area contributed by atoms with Gasteiger partial charge >= 0.3 is 0 Å². The van der Waals surface area contributed by atoms with Crippen LogP contribution in [0.25, 0.3) is 0 Å². The van der Waals surface area contributed by atoms with E-state index in [1.54, 1.807) is 26.1 Å². The maximum Gasteiger partial charge on any atom is 0.240 e. The van der Waals surface area contributed by atoms with Gasteiger partial charge in [-0.2, -0.15) is 5.06 Å². The lowest BCUT2D eigenvalue weighted by Gasteiger charge is -2.62. The molecule has 56 heavy (non-hydrogen) atoms. The number of carbonyl (C=O) groups excluding carboxylic acids is 3. The van der Waals surface area contributed by atoms with Gasteiger partial charge in [-0.25, -0.2) is 0 Å². The monoisotopic (exact) mass is 787 g/mol. The number of imide groups is 1. The van der Waals surface area contributed by atoms with Crippen LogP contribution in [0.15, 0.2) is 0 Å². The highest BCUT2D eigenvalue weighted by Gasteiger charge is 2.58. The van der Waals surface area contributed by atoms with E-state index < -0.39 is 24.2 Å². The SMILES string of the molecule is COC1C(CN2O[C@@H](CO)[C@@H]([C@H](C)O)[C@H]2C(=O)N[C@H]2C[C@H]3C[C@@H]([C@@H]2C)C3(C)C)CCCC1C1CC(C(=O)N(C)C(=O)CCCC2CCCCC2)CC(N(C)C)C1. The number of hydrogen-bond donors (Lipinski definition) is 3. The predicted octanol–water partition coefficient (Wildman–Crippen LogP) is 5.66. The van der Waals surface area contributed by atoms with Gasteiger partial charge in [0.15, 0.2) is 0 Å². The lowest BCUT2D eigenvalue weighted by molar-refractivity contribution is -0.193. The van der Waals surface area contributed by atoms with Crippen LogP contribution in [-0.2, 0) is 24.0 Å². The number of aliphatic hydroxyl groups excluding tert-OH is 2. The summed E-state index contributed by atoms with van der Waals surface area (Å²) >= 11 is 0. The Hall–Kier alpha value is -1.63. The van der Waals surface area contributed by atoms with Gasteiger partial charge in [0.25, 0.3) is 0 Å². The van der Waals surface area contributed by atoms with E-state index in [0.29, 0.717) is 36.1 Å². The Morgan fingerprint density at radius 2 is 1.71 bits per heavy atom. The smallest absolute Gasteiger partial charge is 0.240 e. The van der Waals surface area contributed by atoms with Crippen molar-refractivity contribution in [2.24, 2.45) is 58.7 Å². The third-order valence-electron chi connectivity index (χ3n) is 16.6. The third kappa shape index (κ3) is 9.23. The Balaban J connectivity index is 1.13. The number of methoxy groups -OCH3 is 1. The van der Waals surface area contributed by atoms with E-state index in [1.807, 2.05) is 0 Å².